The molecule has 0 saturated carbocycles. The third kappa shape index (κ3) is 4.51. The Balaban J connectivity index is 1.69. The van der Waals surface area contributed by atoms with Crippen LogP contribution in [0.1, 0.15) is 11.3 Å². The molecule has 3 rings (SSSR count). The second-order valence-corrected chi connectivity index (χ2v) is 6.36. The topological polar surface area (TPSA) is 77.5 Å². The van der Waals surface area contributed by atoms with Gasteiger partial charge in [-0.25, -0.2) is 0 Å². The molecular formula is C21H19ClN2O3. The van der Waals surface area contributed by atoms with Gasteiger partial charge in [0.15, 0.2) is 0 Å². The van der Waals surface area contributed by atoms with E-state index < -0.39 is 0 Å². The predicted octanol–water partition coefficient (Wildman–Crippen LogP) is 5.15. The number of anilines is 2. The van der Waals surface area contributed by atoms with Crippen molar-refractivity contribution < 1.29 is 13.9 Å². The van der Waals surface area contributed by atoms with Crippen LogP contribution in [0.4, 0.5) is 11.4 Å². The van der Waals surface area contributed by atoms with E-state index >= 15 is 0 Å². The van der Waals surface area contributed by atoms with Crippen LogP contribution in [0.15, 0.2) is 59.0 Å². The van der Waals surface area contributed by atoms with Crippen molar-refractivity contribution in [3.8, 4) is 17.1 Å². The van der Waals surface area contributed by atoms with Crippen molar-refractivity contribution in [2.75, 3.05) is 18.2 Å². The third-order valence-electron chi connectivity index (χ3n) is 3.97. The number of furan rings is 1. The van der Waals surface area contributed by atoms with E-state index in [1.54, 1.807) is 49.6 Å². The van der Waals surface area contributed by atoms with Crippen LogP contribution in [0.25, 0.3) is 17.4 Å². The Bertz CT molecular complexity index is 1010. The molecule has 0 saturated heterocycles. The Kier molecular flexibility index (Phi) is 5.52. The van der Waals surface area contributed by atoms with Crippen molar-refractivity contribution in [1.82, 2.24) is 0 Å². The van der Waals surface area contributed by atoms with Gasteiger partial charge in [-0.1, -0.05) is 11.6 Å². The van der Waals surface area contributed by atoms with Crippen LogP contribution in [0.3, 0.4) is 0 Å². The molecule has 2 aromatic carbocycles. The number of ether oxygens (including phenoxy) is 1. The molecule has 1 heterocycles. The van der Waals surface area contributed by atoms with E-state index in [1.807, 2.05) is 19.1 Å². The van der Waals surface area contributed by atoms with Crippen molar-refractivity contribution in [2.45, 2.75) is 6.92 Å². The maximum atomic E-state index is 12.1. The number of hydrogen-bond acceptors (Lipinski definition) is 4. The molecule has 3 N–H and O–H groups in total. The zero-order valence-electron chi connectivity index (χ0n) is 15.0. The summed E-state index contributed by atoms with van der Waals surface area (Å²) in [7, 11) is 1.56. The molecule has 0 bridgehead atoms. The molecule has 0 atom stereocenters. The fourth-order valence-electron chi connectivity index (χ4n) is 2.58. The lowest BCUT2D eigenvalue weighted by Gasteiger charge is -2.06. The number of amides is 1. The molecule has 0 aliphatic rings. The minimum atomic E-state index is -0.256. The molecular weight excluding hydrogens is 364 g/mol. The van der Waals surface area contributed by atoms with Crippen molar-refractivity contribution in [2.24, 2.45) is 0 Å². The number of aryl methyl sites for hydroxylation is 1. The van der Waals surface area contributed by atoms with Crippen LogP contribution in [0, 0.1) is 6.92 Å². The molecule has 5 nitrogen and oxygen atoms in total. The van der Waals surface area contributed by atoms with Gasteiger partial charge >= 0.3 is 0 Å². The molecule has 27 heavy (non-hydrogen) atoms. The molecule has 0 unspecified atom stereocenters. The van der Waals surface area contributed by atoms with Gasteiger partial charge in [0.05, 0.1) is 12.1 Å². The number of carbonyl (C=O) groups excluding carboxylic acids is 1. The summed E-state index contributed by atoms with van der Waals surface area (Å²) in [5, 5.41) is 3.31. The van der Waals surface area contributed by atoms with E-state index in [1.165, 1.54) is 6.08 Å². The Morgan fingerprint density at radius 3 is 2.70 bits per heavy atom. The summed E-state index contributed by atoms with van der Waals surface area (Å²) in [6.45, 7) is 1.88. The molecule has 6 heteroatoms. The highest BCUT2D eigenvalue weighted by molar-refractivity contribution is 6.32. The van der Waals surface area contributed by atoms with Gasteiger partial charge < -0.3 is 20.2 Å². The number of rotatable bonds is 5. The summed E-state index contributed by atoms with van der Waals surface area (Å²) in [4.78, 5) is 12.1. The highest BCUT2D eigenvalue weighted by Gasteiger charge is 2.08. The average molecular weight is 383 g/mol. The zero-order valence-corrected chi connectivity index (χ0v) is 15.7. The molecule has 0 spiro atoms. The Morgan fingerprint density at radius 2 is 2.00 bits per heavy atom. The number of methoxy groups -OCH3 is 1. The smallest absolute Gasteiger partial charge is 0.248 e. The Labute approximate surface area is 162 Å². The fourth-order valence-corrected chi connectivity index (χ4v) is 2.83. The van der Waals surface area contributed by atoms with Gasteiger partial charge in [-0.3, -0.25) is 4.79 Å². The van der Waals surface area contributed by atoms with Crippen molar-refractivity contribution >= 4 is 35.0 Å². The summed E-state index contributed by atoms with van der Waals surface area (Å²) >= 11 is 6.15. The quantitative estimate of drug-likeness (QED) is 0.472. The number of nitrogen functional groups attached to an aromatic ring is 1. The molecule has 1 amide bonds. The van der Waals surface area contributed by atoms with E-state index in [0.717, 1.165) is 11.1 Å². The Morgan fingerprint density at radius 1 is 1.19 bits per heavy atom. The summed E-state index contributed by atoms with van der Waals surface area (Å²) in [5.74, 6) is 1.55. The standard InChI is InChI=1S/C21H19ClN2O3/c1-13-11-15(23)4-7-18(13)24-21(25)10-6-16-5-9-19(27-16)14-3-8-20(26-2)17(22)12-14/h3-12H,23H2,1-2H3,(H,24,25)/b10-6+. The number of hydrogen-bond donors (Lipinski definition) is 2. The number of nitrogens with two attached hydrogens (primary N) is 1. The highest BCUT2D eigenvalue weighted by Crippen LogP contribution is 2.31. The largest absolute Gasteiger partial charge is 0.495 e. The first-order chi connectivity index (χ1) is 13.0. The van der Waals surface area contributed by atoms with E-state index in [0.29, 0.717) is 33.7 Å². The first-order valence-electron chi connectivity index (χ1n) is 8.25. The zero-order chi connectivity index (χ0) is 19.4. The monoisotopic (exact) mass is 382 g/mol. The highest BCUT2D eigenvalue weighted by atomic mass is 35.5. The van der Waals surface area contributed by atoms with Gasteiger partial charge in [-0.05, 0) is 67.1 Å². The van der Waals surface area contributed by atoms with E-state index in [4.69, 9.17) is 26.5 Å². The van der Waals surface area contributed by atoms with Gasteiger partial charge in [0.2, 0.25) is 5.91 Å². The minimum absolute atomic E-state index is 0.256. The van der Waals surface area contributed by atoms with Crippen LogP contribution >= 0.6 is 11.6 Å². The summed E-state index contributed by atoms with van der Waals surface area (Å²) in [6.07, 6.45) is 3.02. The van der Waals surface area contributed by atoms with Crippen molar-refractivity contribution in [3.05, 3.63) is 71.0 Å². The van der Waals surface area contributed by atoms with Crippen LogP contribution in [0.5, 0.6) is 5.75 Å². The first-order valence-corrected chi connectivity index (χ1v) is 8.63. The van der Waals surface area contributed by atoms with Crippen LogP contribution < -0.4 is 15.8 Å². The lowest BCUT2D eigenvalue weighted by atomic mass is 10.1. The average Bonchev–Trinajstić information content (AvgIpc) is 3.11. The molecule has 3 aromatic rings. The maximum absolute atomic E-state index is 12.1. The summed E-state index contributed by atoms with van der Waals surface area (Å²) < 4.78 is 10.9. The first kappa shape index (κ1) is 18.6. The van der Waals surface area contributed by atoms with E-state index in [2.05, 4.69) is 5.32 Å². The normalized spacial score (nSPS) is 10.9. The van der Waals surface area contributed by atoms with Gasteiger partial charge in [0.25, 0.3) is 0 Å². The predicted molar refractivity (Wildman–Crippen MR) is 109 cm³/mol. The van der Waals surface area contributed by atoms with E-state index in [-0.39, 0.29) is 5.91 Å². The molecule has 1 aromatic heterocycles. The maximum Gasteiger partial charge on any atom is 0.248 e. The van der Waals surface area contributed by atoms with Crippen LogP contribution in [-0.4, -0.2) is 13.0 Å². The number of halogens is 1. The summed E-state index contributed by atoms with van der Waals surface area (Å²) in [6, 6.07) is 14.3. The lowest BCUT2D eigenvalue weighted by molar-refractivity contribution is -0.111. The fraction of sp³-hybridized carbons (Fsp3) is 0.0952. The molecule has 0 aliphatic carbocycles. The Hall–Kier alpha value is -3.18. The van der Waals surface area contributed by atoms with Crippen LogP contribution in [-0.2, 0) is 4.79 Å². The molecule has 0 radical (unpaired) electrons. The van der Waals surface area contributed by atoms with Crippen LogP contribution in [0.2, 0.25) is 5.02 Å². The van der Waals surface area contributed by atoms with Gasteiger partial charge in [0.1, 0.15) is 17.3 Å². The lowest BCUT2D eigenvalue weighted by Crippen LogP contribution is -2.09. The van der Waals surface area contributed by atoms with Gasteiger partial charge in [-0.15, -0.1) is 0 Å². The summed E-state index contributed by atoms with van der Waals surface area (Å²) in [5.41, 5.74) is 8.80. The van der Waals surface area contributed by atoms with Gasteiger partial charge in [0, 0.05) is 23.0 Å². The number of benzene rings is 2. The van der Waals surface area contributed by atoms with Crippen molar-refractivity contribution in [3.63, 3.8) is 0 Å². The molecule has 0 aliphatic heterocycles. The SMILES string of the molecule is COc1ccc(-c2ccc(/C=C/C(=O)Nc3ccc(N)cc3C)o2)cc1Cl. The van der Waals surface area contributed by atoms with Crippen molar-refractivity contribution in [1.29, 1.82) is 0 Å². The molecule has 0 fully saturated rings. The number of nitrogens with one attached hydrogen (secondary N) is 1. The third-order valence-corrected chi connectivity index (χ3v) is 4.27. The number of carbonyl (C=O) groups is 1. The van der Waals surface area contributed by atoms with Gasteiger partial charge in [-0.2, -0.15) is 0 Å². The second kappa shape index (κ2) is 8.01. The minimum Gasteiger partial charge on any atom is -0.495 e. The van der Waals surface area contributed by atoms with E-state index in [9.17, 15) is 4.79 Å². The second-order valence-electron chi connectivity index (χ2n) is 5.95. The molecule has 138 valence electrons.